The van der Waals surface area contributed by atoms with E-state index in [9.17, 15) is 0 Å². The second kappa shape index (κ2) is 7.43. The van der Waals surface area contributed by atoms with Gasteiger partial charge in [0.25, 0.3) is 0 Å². The van der Waals surface area contributed by atoms with Gasteiger partial charge in [-0.25, -0.2) is 4.98 Å². The Morgan fingerprint density at radius 3 is 2.87 bits per heavy atom. The van der Waals surface area contributed by atoms with E-state index in [0.717, 1.165) is 36.1 Å². The molecule has 1 aliphatic rings. The molecule has 2 unspecified atom stereocenters. The molecular weight excluding hydrogens is 306 g/mol. The minimum atomic E-state index is 0.543. The fourth-order valence-corrected chi connectivity index (χ4v) is 3.49. The summed E-state index contributed by atoms with van der Waals surface area (Å²) < 4.78 is 5.81. The summed E-state index contributed by atoms with van der Waals surface area (Å²) in [5, 5.41) is 6.71. The van der Waals surface area contributed by atoms with Gasteiger partial charge in [-0.2, -0.15) is 0 Å². The lowest BCUT2D eigenvalue weighted by atomic mass is 10.1. The lowest BCUT2D eigenvalue weighted by molar-refractivity contribution is 0.137. The normalized spacial score (nSPS) is 22.2. The van der Waals surface area contributed by atoms with E-state index in [-0.39, 0.29) is 0 Å². The van der Waals surface area contributed by atoms with Crippen LogP contribution in [-0.4, -0.2) is 35.1 Å². The highest BCUT2D eigenvalue weighted by Gasteiger charge is 2.22. The Balaban J connectivity index is 1.54. The Morgan fingerprint density at radius 1 is 1.30 bits per heavy atom. The molecule has 2 atom stereocenters. The van der Waals surface area contributed by atoms with Crippen molar-refractivity contribution in [3.8, 4) is 5.75 Å². The molecule has 2 aromatic rings. The van der Waals surface area contributed by atoms with Crippen molar-refractivity contribution in [1.29, 1.82) is 0 Å². The van der Waals surface area contributed by atoms with E-state index in [1.807, 2.05) is 12.1 Å². The van der Waals surface area contributed by atoms with Crippen LogP contribution in [0.5, 0.6) is 5.75 Å². The number of nitrogens with zero attached hydrogens (tertiary/aromatic N) is 2. The molecular formula is C18H25N3OS. The van der Waals surface area contributed by atoms with Gasteiger partial charge in [0.1, 0.15) is 17.4 Å². The first-order valence-electron chi connectivity index (χ1n) is 8.20. The van der Waals surface area contributed by atoms with E-state index in [4.69, 9.17) is 9.72 Å². The van der Waals surface area contributed by atoms with Crippen LogP contribution < -0.4 is 10.1 Å². The summed E-state index contributed by atoms with van der Waals surface area (Å²) in [7, 11) is 0. The van der Waals surface area contributed by atoms with E-state index in [0.29, 0.717) is 18.7 Å². The summed E-state index contributed by atoms with van der Waals surface area (Å²) in [5.41, 5.74) is 2.40. The zero-order valence-corrected chi connectivity index (χ0v) is 14.9. The maximum absolute atomic E-state index is 5.81. The largest absolute Gasteiger partial charge is 0.486 e. The summed E-state index contributed by atoms with van der Waals surface area (Å²) >= 11 is 1.68. The number of benzene rings is 1. The number of aromatic nitrogens is 1. The van der Waals surface area contributed by atoms with E-state index in [2.05, 4.69) is 48.5 Å². The molecule has 0 aliphatic carbocycles. The van der Waals surface area contributed by atoms with E-state index < -0.39 is 0 Å². The lowest BCUT2D eigenvalue weighted by Gasteiger charge is -2.37. The molecule has 2 heterocycles. The Bertz CT molecular complexity index is 625. The third kappa shape index (κ3) is 4.53. The molecule has 0 amide bonds. The van der Waals surface area contributed by atoms with Gasteiger partial charge in [0.2, 0.25) is 0 Å². The van der Waals surface area contributed by atoms with Crippen molar-refractivity contribution in [2.24, 2.45) is 0 Å². The quantitative estimate of drug-likeness (QED) is 0.913. The highest BCUT2D eigenvalue weighted by Crippen LogP contribution is 2.18. The van der Waals surface area contributed by atoms with Gasteiger partial charge in [-0.15, -0.1) is 11.3 Å². The molecule has 124 valence electrons. The number of ether oxygens (including phenoxy) is 1. The van der Waals surface area contributed by atoms with Crippen molar-refractivity contribution in [2.75, 3.05) is 13.1 Å². The molecule has 23 heavy (non-hydrogen) atoms. The minimum absolute atomic E-state index is 0.543. The van der Waals surface area contributed by atoms with Crippen LogP contribution in [0.15, 0.2) is 29.6 Å². The number of hydrogen-bond donors (Lipinski definition) is 1. The Kier molecular flexibility index (Phi) is 5.30. The summed E-state index contributed by atoms with van der Waals surface area (Å²) in [5.74, 6) is 0.900. The number of hydrogen-bond acceptors (Lipinski definition) is 5. The van der Waals surface area contributed by atoms with E-state index >= 15 is 0 Å². The van der Waals surface area contributed by atoms with E-state index in [1.165, 1.54) is 5.56 Å². The van der Waals surface area contributed by atoms with Crippen LogP contribution in [0, 0.1) is 6.92 Å². The average Bonchev–Trinajstić information content (AvgIpc) is 2.98. The summed E-state index contributed by atoms with van der Waals surface area (Å²) in [6, 6.07) is 9.25. The van der Waals surface area contributed by atoms with Crippen molar-refractivity contribution in [3.05, 3.63) is 45.9 Å². The molecule has 1 aromatic heterocycles. The van der Waals surface area contributed by atoms with Gasteiger partial charge in [0, 0.05) is 37.1 Å². The molecule has 0 radical (unpaired) electrons. The second-order valence-corrected chi connectivity index (χ2v) is 7.36. The molecule has 1 aromatic carbocycles. The predicted octanol–water partition coefficient (Wildman–Crippen LogP) is 3.21. The fraction of sp³-hybridized carbons (Fsp3) is 0.500. The van der Waals surface area contributed by atoms with Crippen LogP contribution in [-0.2, 0) is 13.2 Å². The van der Waals surface area contributed by atoms with Crippen molar-refractivity contribution in [3.63, 3.8) is 0 Å². The lowest BCUT2D eigenvalue weighted by Crippen LogP contribution is -2.53. The zero-order chi connectivity index (χ0) is 16.2. The van der Waals surface area contributed by atoms with Crippen molar-refractivity contribution in [1.82, 2.24) is 15.2 Å². The summed E-state index contributed by atoms with van der Waals surface area (Å²) in [4.78, 5) is 7.23. The van der Waals surface area contributed by atoms with Crippen LogP contribution in [0.2, 0.25) is 0 Å². The second-order valence-electron chi connectivity index (χ2n) is 6.42. The molecule has 1 N–H and O–H groups in total. The predicted molar refractivity (Wildman–Crippen MR) is 95.0 cm³/mol. The SMILES string of the molecule is Cc1ccc(OCc2nc(CN3CC(C)NCC3C)cs2)cc1. The van der Waals surface area contributed by atoms with Gasteiger partial charge in [-0.1, -0.05) is 17.7 Å². The van der Waals surface area contributed by atoms with Crippen molar-refractivity contribution < 1.29 is 4.74 Å². The zero-order valence-electron chi connectivity index (χ0n) is 14.1. The van der Waals surface area contributed by atoms with Crippen LogP contribution >= 0.6 is 11.3 Å². The number of aryl methyl sites for hydroxylation is 1. The maximum Gasteiger partial charge on any atom is 0.140 e. The Hall–Kier alpha value is -1.43. The van der Waals surface area contributed by atoms with Crippen LogP contribution in [0.25, 0.3) is 0 Å². The summed E-state index contributed by atoms with van der Waals surface area (Å²) in [6.45, 7) is 10.2. The first kappa shape index (κ1) is 16.4. The standard InChI is InChI=1S/C18H25N3OS/c1-13-4-6-17(7-5-13)22-11-18-20-16(12-23-18)10-21-9-14(2)19-8-15(21)3/h4-7,12,14-15,19H,8-11H2,1-3H3. The molecule has 0 bridgehead atoms. The molecule has 3 rings (SSSR count). The Morgan fingerprint density at radius 2 is 2.09 bits per heavy atom. The number of nitrogens with one attached hydrogen (secondary N) is 1. The first-order valence-corrected chi connectivity index (χ1v) is 9.08. The molecule has 1 fully saturated rings. The maximum atomic E-state index is 5.81. The number of thiazole rings is 1. The third-order valence-corrected chi connectivity index (χ3v) is 5.11. The smallest absolute Gasteiger partial charge is 0.140 e. The van der Waals surface area contributed by atoms with Gasteiger partial charge < -0.3 is 10.1 Å². The van der Waals surface area contributed by atoms with Crippen molar-refractivity contribution in [2.45, 2.75) is 46.0 Å². The highest BCUT2D eigenvalue weighted by atomic mass is 32.1. The third-order valence-electron chi connectivity index (χ3n) is 4.24. The molecule has 0 saturated carbocycles. The fourth-order valence-electron chi connectivity index (χ4n) is 2.79. The molecule has 0 spiro atoms. The highest BCUT2D eigenvalue weighted by molar-refractivity contribution is 7.09. The number of piperazine rings is 1. The molecule has 5 heteroatoms. The Labute approximate surface area is 142 Å². The first-order chi connectivity index (χ1) is 11.1. The van der Waals surface area contributed by atoms with Crippen LogP contribution in [0.1, 0.15) is 30.1 Å². The van der Waals surface area contributed by atoms with Gasteiger partial charge in [0.15, 0.2) is 0 Å². The van der Waals surface area contributed by atoms with Crippen molar-refractivity contribution >= 4 is 11.3 Å². The average molecular weight is 331 g/mol. The molecule has 4 nitrogen and oxygen atoms in total. The molecule has 1 saturated heterocycles. The van der Waals surface area contributed by atoms with Crippen LogP contribution in [0.3, 0.4) is 0 Å². The van der Waals surface area contributed by atoms with E-state index in [1.54, 1.807) is 11.3 Å². The number of rotatable bonds is 5. The van der Waals surface area contributed by atoms with Gasteiger partial charge in [-0.05, 0) is 32.9 Å². The van der Waals surface area contributed by atoms with Gasteiger partial charge in [0.05, 0.1) is 5.69 Å². The molecule has 1 aliphatic heterocycles. The topological polar surface area (TPSA) is 37.4 Å². The summed E-state index contributed by atoms with van der Waals surface area (Å²) in [6.07, 6.45) is 0. The van der Waals surface area contributed by atoms with Gasteiger partial charge in [-0.3, -0.25) is 4.90 Å². The van der Waals surface area contributed by atoms with Gasteiger partial charge >= 0.3 is 0 Å². The monoisotopic (exact) mass is 331 g/mol. The minimum Gasteiger partial charge on any atom is -0.486 e. The van der Waals surface area contributed by atoms with Crippen LogP contribution in [0.4, 0.5) is 0 Å².